The van der Waals surface area contributed by atoms with Gasteiger partial charge in [0.15, 0.2) is 6.10 Å². The third-order valence-electron chi connectivity index (χ3n) is 7.59. The van der Waals surface area contributed by atoms with Gasteiger partial charge in [0.2, 0.25) is 17.6 Å². The molecule has 2 fully saturated rings. The first-order valence-electron chi connectivity index (χ1n) is 12.8. The molecule has 1 saturated heterocycles. The van der Waals surface area contributed by atoms with Crippen LogP contribution < -0.4 is 9.64 Å². The van der Waals surface area contributed by atoms with E-state index in [0.29, 0.717) is 29.8 Å². The Kier molecular flexibility index (Phi) is 7.09. The summed E-state index contributed by atoms with van der Waals surface area (Å²) in [5.41, 5.74) is 2.27. The molecule has 1 aliphatic heterocycles. The fourth-order valence-electron chi connectivity index (χ4n) is 5.48. The summed E-state index contributed by atoms with van der Waals surface area (Å²) in [6.07, 6.45) is 1.21. The molecule has 2 amide bonds. The molecule has 7 nitrogen and oxygen atoms in total. The number of amides is 2. The van der Waals surface area contributed by atoms with Gasteiger partial charge in [-0.2, -0.15) is 0 Å². The highest BCUT2D eigenvalue weighted by molar-refractivity contribution is 6.22. The van der Waals surface area contributed by atoms with E-state index in [1.165, 1.54) is 36.6 Å². The smallest absolute Gasteiger partial charge is 0.338 e. The number of methoxy groups -OCH3 is 1. The number of Topliss-reactive ketones (excluding diaryl/α,β-unsaturated/α-hetero) is 1. The number of anilines is 1. The summed E-state index contributed by atoms with van der Waals surface area (Å²) in [6, 6.07) is 22.9. The number of carbonyl (C=O) groups is 4. The minimum Gasteiger partial charge on any atom is -0.497 e. The molecule has 0 spiro atoms. The summed E-state index contributed by atoms with van der Waals surface area (Å²) in [5, 5.41) is 0. The second kappa shape index (κ2) is 10.6. The van der Waals surface area contributed by atoms with Gasteiger partial charge >= 0.3 is 5.97 Å². The Morgan fingerprint density at radius 3 is 2.11 bits per heavy atom. The van der Waals surface area contributed by atoms with Crippen molar-refractivity contribution in [3.8, 4) is 5.75 Å². The molecule has 1 aliphatic carbocycles. The Morgan fingerprint density at radius 2 is 1.45 bits per heavy atom. The number of benzene rings is 3. The molecule has 1 saturated carbocycles. The lowest BCUT2D eigenvalue weighted by molar-refractivity contribution is -0.122. The van der Waals surface area contributed by atoms with Crippen LogP contribution in [0.25, 0.3) is 0 Å². The Bertz CT molecular complexity index is 1350. The van der Waals surface area contributed by atoms with Crippen LogP contribution in [-0.2, 0) is 14.3 Å². The molecule has 194 valence electrons. The van der Waals surface area contributed by atoms with Crippen molar-refractivity contribution < 1.29 is 28.7 Å². The quantitative estimate of drug-likeness (QED) is 0.246. The molecule has 0 bridgehead atoms. The van der Waals surface area contributed by atoms with E-state index < -0.39 is 12.1 Å². The minimum absolute atomic E-state index is 0.180. The summed E-state index contributed by atoms with van der Waals surface area (Å²) in [4.78, 5) is 53.1. The lowest BCUT2D eigenvalue weighted by atomic mass is 9.73. The van der Waals surface area contributed by atoms with Gasteiger partial charge in [0.1, 0.15) is 5.75 Å². The van der Waals surface area contributed by atoms with Crippen LogP contribution in [0.1, 0.15) is 58.4 Å². The third-order valence-corrected chi connectivity index (χ3v) is 7.59. The molecule has 0 aromatic heterocycles. The molecule has 5 rings (SSSR count). The van der Waals surface area contributed by atoms with Crippen molar-refractivity contribution in [3.63, 3.8) is 0 Å². The molecule has 0 N–H and O–H groups in total. The normalized spacial score (nSPS) is 21.5. The van der Waals surface area contributed by atoms with Crippen LogP contribution in [-0.4, -0.2) is 36.8 Å². The van der Waals surface area contributed by atoms with Gasteiger partial charge in [-0.3, -0.25) is 19.3 Å². The van der Waals surface area contributed by atoms with Crippen molar-refractivity contribution in [1.82, 2.24) is 0 Å². The zero-order chi connectivity index (χ0) is 26.8. The highest BCUT2D eigenvalue weighted by Crippen LogP contribution is 2.45. The number of esters is 1. The predicted octanol–water partition coefficient (Wildman–Crippen LogP) is 5.20. The van der Waals surface area contributed by atoms with Crippen LogP contribution in [0.4, 0.5) is 5.69 Å². The first-order chi connectivity index (χ1) is 18.4. The van der Waals surface area contributed by atoms with Crippen molar-refractivity contribution >= 4 is 29.3 Å². The lowest BCUT2D eigenvalue weighted by Gasteiger charge is -2.28. The lowest BCUT2D eigenvalue weighted by Crippen LogP contribution is -2.31. The summed E-state index contributed by atoms with van der Waals surface area (Å²) >= 11 is 0. The largest absolute Gasteiger partial charge is 0.497 e. The van der Waals surface area contributed by atoms with Gasteiger partial charge in [0.05, 0.1) is 30.2 Å². The van der Waals surface area contributed by atoms with Crippen LogP contribution >= 0.6 is 0 Å². The average molecular weight is 512 g/mol. The molecule has 38 heavy (non-hydrogen) atoms. The maximum absolute atomic E-state index is 13.3. The molecule has 2 aliphatic rings. The van der Waals surface area contributed by atoms with Crippen molar-refractivity contribution in [3.05, 3.63) is 95.6 Å². The zero-order valence-corrected chi connectivity index (χ0v) is 21.3. The van der Waals surface area contributed by atoms with Gasteiger partial charge < -0.3 is 9.47 Å². The van der Waals surface area contributed by atoms with Crippen molar-refractivity contribution in [1.29, 1.82) is 0 Å². The third kappa shape index (κ3) is 4.84. The number of nitrogens with zero attached hydrogens (tertiary/aromatic N) is 1. The molecule has 0 radical (unpaired) electrons. The highest BCUT2D eigenvalue weighted by atomic mass is 16.5. The number of ketones is 1. The molecule has 3 aromatic rings. The summed E-state index contributed by atoms with van der Waals surface area (Å²) in [6.45, 7) is 1.52. The summed E-state index contributed by atoms with van der Waals surface area (Å²) < 4.78 is 10.5. The molecular formula is C31H29NO6. The van der Waals surface area contributed by atoms with Crippen molar-refractivity contribution in [2.75, 3.05) is 12.0 Å². The number of carbonyl (C=O) groups excluding carboxylic acids is 4. The second-order valence-corrected chi connectivity index (χ2v) is 9.83. The molecule has 4 atom stereocenters. The van der Waals surface area contributed by atoms with E-state index in [4.69, 9.17) is 9.47 Å². The van der Waals surface area contributed by atoms with Crippen molar-refractivity contribution in [2.45, 2.75) is 38.2 Å². The topological polar surface area (TPSA) is 90.0 Å². The number of imide groups is 1. The van der Waals surface area contributed by atoms with Gasteiger partial charge in [0, 0.05) is 5.56 Å². The van der Waals surface area contributed by atoms with Crippen LogP contribution in [0, 0.1) is 11.8 Å². The van der Waals surface area contributed by atoms with E-state index in [0.717, 1.165) is 6.42 Å². The van der Waals surface area contributed by atoms with E-state index in [9.17, 15) is 19.2 Å². The van der Waals surface area contributed by atoms with E-state index >= 15 is 0 Å². The first kappa shape index (κ1) is 25.4. The van der Waals surface area contributed by atoms with E-state index in [1.54, 1.807) is 36.4 Å². The standard InChI is InChI=1S/C31H29NO6/c1-19(28(33)21-10-15-25(37-2)16-11-21)38-31(36)22-8-13-24(14-9-22)32-29(34)26-17-12-23(18-27(26)30(32)35)20-6-4-3-5-7-20/h3-11,13-16,19,23,26-27H,12,17-18H2,1-2H3/t19-,23-,26-,27-/m0/s1. The van der Waals surface area contributed by atoms with Gasteiger partial charge in [-0.25, -0.2) is 4.79 Å². The maximum atomic E-state index is 13.3. The van der Waals surface area contributed by atoms with Gasteiger partial charge in [-0.05, 0) is 86.2 Å². The number of hydrogen-bond donors (Lipinski definition) is 0. The first-order valence-corrected chi connectivity index (χ1v) is 12.8. The Hall–Kier alpha value is -4.26. The highest BCUT2D eigenvalue weighted by Gasteiger charge is 2.50. The molecule has 3 aromatic carbocycles. The Morgan fingerprint density at radius 1 is 0.816 bits per heavy atom. The monoisotopic (exact) mass is 511 g/mol. The zero-order valence-electron chi connectivity index (χ0n) is 21.3. The number of rotatable bonds is 7. The van der Waals surface area contributed by atoms with Crippen LogP contribution in [0.2, 0.25) is 0 Å². The predicted molar refractivity (Wildman–Crippen MR) is 141 cm³/mol. The minimum atomic E-state index is -0.988. The number of hydrogen-bond acceptors (Lipinski definition) is 6. The SMILES string of the molecule is COc1ccc(C(=O)[C@H](C)OC(=O)c2ccc(N3C(=O)[C@H]4CC[C@H](c5ccccc5)C[C@@H]4C3=O)cc2)cc1. The van der Waals surface area contributed by atoms with Gasteiger partial charge in [-0.15, -0.1) is 0 Å². The fourth-order valence-corrected chi connectivity index (χ4v) is 5.48. The summed E-state index contributed by atoms with van der Waals surface area (Å²) in [5.74, 6) is -1.12. The molecular weight excluding hydrogens is 482 g/mol. The molecule has 7 heteroatoms. The van der Waals surface area contributed by atoms with Crippen LogP contribution in [0.15, 0.2) is 78.9 Å². The summed E-state index contributed by atoms with van der Waals surface area (Å²) in [7, 11) is 1.54. The Balaban J connectivity index is 1.24. The molecule has 1 heterocycles. The van der Waals surface area contributed by atoms with Crippen LogP contribution in [0.3, 0.4) is 0 Å². The van der Waals surface area contributed by atoms with Crippen LogP contribution in [0.5, 0.6) is 5.75 Å². The number of ether oxygens (including phenoxy) is 2. The van der Waals surface area contributed by atoms with Gasteiger partial charge in [-0.1, -0.05) is 30.3 Å². The number of fused-ring (bicyclic) bond motifs is 1. The van der Waals surface area contributed by atoms with Crippen molar-refractivity contribution in [2.24, 2.45) is 11.8 Å². The van der Waals surface area contributed by atoms with E-state index in [1.807, 2.05) is 18.2 Å². The van der Waals surface area contributed by atoms with Gasteiger partial charge in [0.25, 0.3) is 0 Å². The van der Waals surface area contributed by atoms with E-state index in [2.05, 4.69) is 12.1 Å². The average Bonchev–Trinajstić information content (AvgIpc) is 3.21. The van der Waals surface area contributed by atoms with E-state index in [-0.39, 0.29) is 40.9 Å². The molecule has 0 unspecified atom stereocenters. The second-order valence-electron chi connectivity index (χ2n) is 9.83. The Labute approximate surface area is 221 Å². The fraction of sp³-hybridized carbons (Fsp3) is 0.290. The maximum Gasteiger partial charge on any atom is 0.338 e.